The van der Waals surface area contributed by atoms with Gasteiger partial charge in [-0.15, -0.1) is 0 Å². The highest BCUT2D eigenvalue weighted by molar-refractivity contribution is 5.36. The van der Waals surface area contributed by atoms with Gasteiger partial charge >= 0.3 is 0 Å². The third-order valence-electron chi connectivity index (χ3n) is 5.81. The predicted molar refractivity (Wildman–Crippen MR) is 89.4 cm³/mol. The molecule has 5 rings (SSSR count). The van der Waals surface area contributed by atoms with Crippen molar-refractivity contribution in [2.24, 2.45) is 11.8 Å². The van der Waals surface area contributed by atoms with Crippen LogP contribution >= 0.6 is 0 Å². The minimum absolute atomic E-state index is 0.698. The molecule has 2 heteroatoms. The molecule has 0 saturated carbocycles. The van der Waals surface area contributed by atoms with Crippen LogP contribution in [-0.4, -0.2) is 29.6 Å². The first-order valence-corrected chi connectivity index (χ1v) is 8.61. The molecule has 116 valence electrons. The number of rotatable bonds is 3. The maximum absolute atomic E-state index is 10.8. The molecule has 1 aliphatic carbocycles. The summed E-state index contributed by atoms with van der Waals surface area (Å²) in [5.74, 6) is 1.75. The number of aliphatic hydroxyl groups is 1. The van der Waals surface area contributed by atoms with E-state index in [1.807, 2.05) is 36.4 Å². The first-order chi connectivity index (χ1) is 10.7. The van der Waals surface area contributed by atoms with Crippen LogP contribution < -0.4 is 0 Å². The molecule has 1 N–H and O–H groups in total. The Morgan fingerprint density at radius 1 is 1.14 bits per heavy atom. The summed E-state index contributed by atoms with van der Waals surface area (Å²) in [5, 5.41) is 10.8. The summed E-state index contributed by atoms with van der Waals surface area (Å²) in [6.45, 7) is 3.90. The number of hydrogen-bond acceptors (Lipinski definition) is 2. The van der Waals surface area contributed by atoms with E-state index in [9.17, 15) is 5.11 Å². The zero-order valence-corrected chi connectivity index (χ0v) is 13.1. The van der Waals surface area contributed by atoms with Gasteiger partial charge in [-0.2, -0.15) is 0 Å². The number of allylic oxidation sites excluding steroid dienone is 2. The van der Waals surface area contributed by atoms with E-state index in [4.69, 9.17) is 0 Å². The van der Waals surface area contributed by atoms with E-state index in [0.717, 1.165) is 17.4 Å². The molecule has 22 heavy (non-hydrogen) atoms. The molecule has 2 atom stereocenters. The summed E-state index contributed by atoms with van der Waals surface area (Å²) in [5.41, 5.74) is 1.59. The fourth-order valence-corrected chi connectivity index (χ4v) is 4.38. The van der Waals surface area contributed by atoms with Crippen molar-refractivity contribution in [2.45, 2.75) is 31.3 Å². The zero-order chi connectivity index (χ0) is 15.0. The Morgan fingerprint density at radius 3 is 2.50 bits per heavy atom. The van der Waals surface area contributed by atoms with Gasteiger partial charge in [0.15, 0.2) is 0 Å². The van der Waals surface area contributed by atoms with Crippen molar-refractivity contribution in [2.75, 3.05) is 19.6 Å². The molecule has 1 aromatic rings. The third kappa shape index (κ3) is 2.66. The molecule has 0 radical (unpaired) electrons. The minimum atomic E-state index is -0.820. The number of piperidine rings is 3. The van der Waals surface area contributed by atoms with E-state index < -0.39 is 5.60 Å². The third-order valence-corrected chi connectivity index (χ3v) is 5.81. The first-order valence-electron chi connectivity index (χ1n) is 8.61. The predicted octanol–water partition coefficient (Wildman–Crippen LogP) is 3.49. The van der Waals surface area contributed by atoms with Crippen LogP contribution in [0.1, 0.15) is 31.2 Å². The smallest absolute Gasteiger partial charge is 0.111 e. The molecule has 2 bridgehead atoms. The molecule has 4 aliphatic rings. The van der Waals surface area contributed by atoms with Crippen LogP contribution in [0.4, 0.5) is 0 Å². The van der Waals surface area contributed by atoms with Crippen molar-refractivity contribution in [3.05, 3.63) is 59.7 Å². The van der Waals surface area contributed by atoms with Gasteiger partial charge in [-0.1, -0.05) is 48.1 Å². The Hall–Kier alpha value is -1.38. The van der Waals surface area contributed by atoms with Crippen LogP contribution in [0, 0.1) is 11.8 Å². The molecule has 3 fully saturated rings. The fourth-order valence-electron chi connectivity index (χ4n) is 4.38. The van der Waals surface area contributed by atoms with Crippen molar-refractivity contribution < 1.29 is 5.11 Å². The number of nitrogens with zero attached hydrogens (tertiary/aromatic N) is 1. The minimum Gasteiger partial charge on any atom is -0.381 e. The molecule has 3 saturated heterocycles. The summed E-state index contributed by atoms with van der Waals surface area (Å²) >= 11 is 0. The van der Waals surface area contributed by atoms with Crippen LogP contribution in [0.15, 0.2) is 54.1 Å². The van der Waals surface area contributed by atoms with Gasteiger partial charge in [-0.25, -0.2) is 0 Å². The van der Waals surface area contributed by atoms with Gasteiger partial charge in [-0.3, -0.25) is 0 Å². The Labute approximate surface area is 133 Å². The molecule has 0 spiro atoms. The van der Waals surface area contributed by atoms with E-state index >= 15 is 0 Å². The Morgan fingerprint density at radius 2 is 1.91 bits per heavy atom. The monoisotopic (exact) mass is 295 g/mol. The molecule has 3 heterocycles. The second kappa shape index (κ2) is 5.68. The molecular formula is C20H25NO. The van der Waals surface area contributed by atoms with Crippen LogP contribution in [0.2, 0.25) is 0 Å². The Bertz CT molecular complexity index is 583. The Balaban J connectivity index is 1.43. The maximum atomic E-state index is 10.8. The van der Waals surface area contributed by atoms with E-state index in [2.05, 4.69) is 17.1 Å². The maximum Gasteiger partial charge on any atom is 0.111 e. The molecule has 0 aromatic heterocycles. The van der Waals surface area contributed by atoms with Crippen molar-refractivity contribution in [3.8, 4) is 0 Å². The molecule has 1 aromatic carbocycles. The van der Waals surface area contributed by atoms with Crippen molar-refractivity contribution in [1.82, 2.24) is 4.90 Å². The summed E-state index contributed by atoms with van der Waals surface area (Å²) < 4.78 is 0. The van der Waals surface area contributed by atoms with E-state index in [0.29, 0.717) is 6.42 Å². The Kier molecular flexibility index (Phi) is 3.67. The summed E-state index contributed by atoms with van der Waals surface area (Å²) in [6, 6.07) is 10.0. The van der Waals surface area contributed by atoms with E-state index in [1.165, 1.54) is 44.5 Å². The normalized spacial score (nSPS) is 37.1. The number of fused-ring (bicyclic) bond motifs is 3. The zero-order valence-electron chi connectivity index (χ0n) is 13.1. The van der Waals surface area contributed by atoms with Gasteiger partial charge in [0, 0.05) is 13.0 Å². The molecular weight excluding hydrogens is 270 g/mol. The van der Waals surface area contributed by atoms with E-state index in [-0.39, 0.29) is 0 Å². The summed E-state index contributed by atoms with van der Waals surface area (Å²) in [4.78, 5) is 2.62. The SMILES string of the molecule is OC1(c2ccccc2)C=CC(CC2CN3CCC2CC3)=CC1. The van der Waals surface area contributed by atoms with Crippen molar-refractivity contribution in [3.63, 3.8) is 0 Å². The number of hydrogen-bond donors (Lipinski definition) is 1. The van der Waals surface area contributed by atoms with Crippen LogP contribution in [0.3, 0.4) is 0 Å². The van der Waals surface area contributed by atoms with Crippen LogP contribution in [-0.2, 0) is 5.60 Å². The van der Waals surface area contributed by atoms with Gasteiger partial charge in [-0.05, 0) is 55.8 Å². The van der Waals surface area contributed by atoms with Gasteiger partial charge in [0.1, 0.15) is 5.60 Å². The summed E-state index contributed by atoms with van der Waals surface area (Å²) in [7, 11) is 0. The lowest BCUT2D eigenvalue weighted by Crippen LogP contribution is -2.47. The standard InChI is InChI=1S/C20H25NO/c22-20(19-4-2-1-3-5-19)10-6-16(7-11-20)14-18-15-21-12-8-17(18)9-13-21/h1-7,10,17-18,22H,8-9,11-15H2. The quantitative estimate of drug-likeness (QED) is 0.922. The fraction of sp³-hybridized carbons (Fsp3) is 0.500. The van der Waals surface area contributed by atoms with Gasteiger partial charge in [0.05, 0.1) is 0 Å². The lowest BCUT2D eigenvalue weighted by molar-refractivity contribution is 0.0510. The lowest BCUT2D eigenvalue weighted by Gasteiger charge is -2.45. The largest absolute Gasteiger partial charge is 0.381 e. The van der Waals surface area contributed by atoms with Crippen LogP contribution in [0.5, 0.6) is 0 Å². The van der Waals surface area contributed by atoms with Crippen molar-refractivity contribution >= 4 is 0 Å². The van der Waals surface area contributed by atoms with Gasteiger partial charge < -0.3 is 10.0 Å². The molecule has 2 unspecified atom stereocenters. The van der Waals surface area contributed by atoms with Crippen LogP contribution in [0.25, 0.3) is 0 Å². The molecule has 3 aliphatic heterocycles. The average molecular weight is 295 g/mol. The first kappa shape index (κ1) is 14.2. The second-order valence-corrected chi connectivity index (χ2v) is 7.21. The topological polar surface area (TPSA) is 23.5 Å². The van der Waals surface area contributed by atoms with E-state index in [1.54, 1.807) is 0 Å². The molecule has 0 amide bonds. The number of benzene rings is 1. The highest BCUT2D eigenvalue weighted by Crippen LogP contribution is 2.38. The molecule has 2 nitrogen and oxygen atoms in total. The van der Waals surface area contributed by atoms with Crippen molar-refractivity contribution in [1.29, 1.82) is 0 Å². The lowest BCUT2D eigenvalue weighted by atomic mass is 9.75. The second-order valence-electron chi connectivity index (χ2n) is 7.21. The average Bonchev–Trinajstić information content (AvgIpc) is 2.59. The highest BCUT2D eigenvalue weighted by Gasteiger charge is 2.35. The van der Waals surface area contributed by atoms with Gasteiger partial charge in [0.25, 0.3) is 0 Å². The summed E-state index contributed by atoms with van der Waals surface area (Å²) in [6.07, 6.45) is 11.1. The highest BCUT2D eigenvalue weighted by atomic mass is 16.3. The van der Waals surface area contributed by atoms with Gasteiger partial charge in [0.2, 0.25) is 0 Å².